The van der Waals surface area contributed by atoms with Gasteiger partial charge in [-0.2, -0.15) is 11.8 Å². The number of halogens is 1. The lowest BCUT2D eigenvalue weighted by atomic mass is 10.2. The SMILES string of the molecule is CSCC[C@H](NC(=O)c1ccncc1Cl)C(=O)O. The van der Waals surface area contributed by atoms with E-state index in [1.54, 1.807) is 0 Å². The predicted octanol–water partition coefficient (Wildman–Crippen LogP) is 1.67. The number of aliphatic carboxylic acids is 1. The maximum absolute atomic E-state index is 11.9. The number of thioether (sulfide) groups is 1. The van der Waals surface area contributed by atoms with Gasteiger partial charge in [-0.05, 0) is 24.5 Å². The first kappa shape index (κ1) is 14.8. The summed E-state index contributed by atoms with van der Waals surface area (Å²) in [6.07, 6.45) is 5.01. The minimum absolute atomic E-state index is 0.198. The highest BCUT2D eigenvalue weighted by Gasteiger charge is 2.21. The van der Waals surface area contributed by atoms with Crippen LogP contribution in [0.5, 0.6) is 0 Å². The molecule has 0 spiro atoms. The van der Waals surface area contributed by atoms with Crippen LogP contribution < -0.4 is 5.32 Å². The van der Waals surface area contributed by atoms with Gasteiger partial charge < -0.3 is 10.4 Å². The fourth-order valence-corrected chi connectivity index (χ4v) is 1.96. The molecule has 5 nitrogen and oxygen atoms in total. The minimum Gasteiger partial charge on any atom is -0.480 e. The number of hydrogen-bond donors (Lipinski definition) is 2. The first-order valence-electron chi connectivity index (χ1n) is 5.18. The number of nitrogens with zero attached hydrogens (tertiary/aromatic N) is 1. The molecule has 1 aromatic rings. The number of amides is 1. The molecule has 2 N–H and O–H groups in total. The Labute approximate surface area is 114 Å². The topological polar surface area (TPSA) is 79.3 Å². The standard InChI is InChI=1S/C11H13ClN2O3S/c1-18-5-3-9(11(16)17)14-10(15)7-2-4-13-6-8(7)12/h2,4,6,9H,3,5H2,1H3,(H,14,15)(H,16,17)/t9-/m0/s1. The van der Waals surface area contributed by atoms with E-state index in [1.165, 1.54) is 30.2 Å². The van der Waals surface area contributed by atoms with E-state index in [-0.39, 0.29) is 10.6 Å². The smallest absolute Gasteiger partial charge is 0.326 e. The second kappa shape index (κ2) is 7.23. The Hall–Kier alpha value is -1.27. The fraction of sp³-hybridized carbons (Fsp3) is 0.364. The van der Waals surface area contributed by atoms with Crippen molar-refractivity contribution in [3.63, 3.8) is 0 Å². The molecule has 0 aliphatic rings. The molecule has 1 aromatic heterocycles. The fourth-order valence-electron chi connectivity index (χ4n) is 1.29. The van der Waals surface area contributed by atoms with Gasteiger partial charge in [0.1, 0.15) is 6.04 Å². The third kappa shape index (κ3) is 4.19. The van der Waals surface area contributed by atoms with Crippen molar-refractivity contribution in [1.82, 2.24) is 10.3 Å². The van der Waals surface area contributed by atoms with Crippen LogP contribution in [0.4, 0.5) is 0 Å². The lowest BCUT2D eigenvalue weighted by molar-refractivity contribution is -0.139. The van der Waals surface area contributed by atoms with E-state index in [0.717, 1.165) is 0 Å². The van der Waals surface area contributed by atoms with Crippen molar-refractivity contribution in [2.75, 3.05) is 12.0 Å². The number of carbonyl (C=O) groups is 2. The molecule has 1 amide bonds. The molecule has 98 valence electrons. The van der Waals surface area contributed by atoms with Crippen molar-refractivity contribution in [2.45, 2.75) is 12.5 Å². The summed E-state index contributed by atoms with van der Waals surface area (Å²) in [6, 6.07) is 0.541. The van der Waals surface area contributed by atoms with E-state index in [2.05, 4.69) is 10.3 Å². The normalized spacial score (nSPS) is 11.9. The van der Waals surface area contributed by atoms with Crippen molar-refractivity contribution in [1.29, 1.82) is 0 Å². The Kier molecular flexibility index (Phi) is 5.94. The van der Waals surface area contributed by atoms with E-state index in [1.807, 2.05) is 6.26 Å². The molecular formula is C11H13ClN2O3S. The zero-order valence-electron chi connectivity index (χ0n) is 9.72. The van der Waals surface area contributed by atoms with Crippen LogP contribution in [-0.2, 0) is 4.79 Å². The molecule has 18 heavy (non-hydrogen) atoms. The Morgan fingerprint density at radius 1 is 1.61 bits per heavy atom. The van der Waals surface area contributed by atoms with Gasteiger partial charge in [0.2, 0.25) is 0 Å². The molecule has 0 saturated heterocycles. The van der Waals surface area contributed by atoms with Crippen molar-refractivity contribution in [3.8, 4) is 0 Å². The molecule has 0 radical (unpaired) electrons. The zero-order valence-corrected chi connectivity index (χ0v) is 11.3. The van der Waals surface area contributed by atoms with Gasteiger partial charge in [-0.25, -0.2) is 4.79 Å². The number of pyridine rings is 1. The number of carboxylic acid groups (broad SMARTS) is 1. The van der Waals surface area contributed by atoms with Crippen molar-refractivity contribution >= 4 is 35.2 Å². The highest BCUT2D eigenvalue weighted by Crippen LogP contribution is 2.13. The Bertz CT molecular complexity index is 442. The molecule has 0 aromatic carbocycles. The number of rotatable bonds is 6. The molecule has 0 aliphatic carbocycles. The number of carbonyl (C=O) groups excluding carboxylic acids is 1. The van der Waals surface area contributed by atoms with Crippen LogP contribution in [0.1, 0.15) is 16.8 Å². The Morgan fingerprint density at radius 3 is 2.89 bits per heavy atom. The molecule has 0 unspecified atom stereocenters. The number of hydrogen-bond acceptors (Lipinski definition) is 4. The van der Waals surface area contributed by atoms with E-state index in [4.69, 9.17) is 16.7 Å². The summed E-state index contributed by atoms with van der Waals surface area (Å²) < 4.78 is 0. The van der Waals surface area contributed by atoms with Gasteiger partial charge in [-0.3, -0.25) is 9.78 Å². The van der Waals surface area contributed by atoms with Crippen LogP contribution in [0.2, 0.25) is 5.02 Å². The second-order valence-corrected chi connectivity index (χ2v) is 4.89. The summed E-state index contributed by atoms with van der Waals surface area (Å²) in [6.45, 7) is 0. The van der Waals surface area contributed by atoms with Crippen LogP contribution in [0.3, 0.4) is 0 Å². The summed E-state index contributed by atoms with van der Waals surface area (Å²) in [5.41, 5.74) is 0.224. The molecule has 0 fully saturated rings. The average molecular weight is 289 g/mol. The van der Waals surface area contributed by atoms with Crippen molar-refractivity contribution in [2.24, 2.45) is 0 Å². The van der Waals surface area contributed by atoms with Crippen LogP contribution in [0.15, 0.2) is 18.5 Å². The lowest BCUT2D eigenvalue weighted by Crippen LogP contribution is -2.41. The maximum atomic E-state index is 11.9. The summed E-state index contributed by atoms with van der Waals surface area (Å²) in [7, 11) is 0. The summed E-state index contributed by atoms with van der Waals surface area (Å²) in [5, 5.41) is 11.6. The van der Waals surface area contributed by atoms with Crippen LogP contribution in [-0.4, -0.2) is 40.0 Å². The molecule has 7 heteroatoms. The highest BCUT2D eigenvalue weighted by atomic mass is 35.5. The monoisotopic (exact) mass is 288 g/mol. The van der Waals surface area contributed by atoms with Gasteiger partial charge in [0, 0.05) is 12.4 Å². The van der Waals surface area contributed by atoms with Gasteiger partial charge in [-0.1, -0.05) is 11.6 Å². The second-order valence-electron chi connectivity index (χ2n) is 3.50. The zero-order chi connectivity index (χ0) is 13.5. The van der Waals surface area contributed by atoms with E-state index in [9.17, 15) is 9.59 Å². The largest absolute Gasteiger partial charge is 0.480 e. The number of nitrogens with one attached hydrogen (secondary N) is 1. The molecule has 1 atom stereocenters. The Morgan fingerprint density at radius 2 is 2.33 bits per heavy atom. The van der Waals surface area contributed by atoms with Crippen molar-refractivity contribution in [3.05, 3.63) is 29.0 Å². The van der Waals surface area contributed by atoms with Gasteiger partial charge in [0.15, 0.2) is 0 Å². The van der Waals surface area contributed by atoms with Gasteiger partial charge in [0.05, 0.1) is 10.6 Å². The van der Waals surface area contributed by atoms with Gasteiger partial charge in [0.25, 0.3) is 5.91 Å². The molecule has 0 aliphatic heterocycles. The molecule has 0 saturated carbocycles. The number of aromatic nitrogens is 1. The van der Waals surface area contributed by atoms with E-state index < -0.39 is 17.9 Å². The molecule has 1 rings (SSSR count). The van der Waals surface area contributed by atoms with Crippen LogP contribution in [0, 0.1) is 0 Å². The minimum atomic E-state index is -1.05. The first-order chi connectivity index (χ1) is 8.56. The summed E-state index contributed by atoms with van der Waals surface area (Å²) in [5.74, 6) is -0.903. The first-order valence-corrected chi connectivity index (χ1v) is 6.95. The third-order valence-electron chi connectivity index (χ3n) is 2.23. The highest BCUT2D eigenvalue weighted by molar-refractivity contribution is 7.98. The van der Waals surface area contributed by atoms with Gasteiger partial charge >= 0.3 is 5.97 Å². The van der Waals surface area contributed by atoms with Crippen molar-refractivity contribution < 1.29 is 14.7 Å². The Balaban J connectivity index is 2.72. The maximum Gasteiger partial charge on any atom is 0.326 e. The van der Waals surface area contributed by atoms with Crippen LogP contribution >= 0.6 is 23.4 Å². The molecule has 1 heterocycles. The lowest BCUT2D eigenvalue weighted by Gasteiger charge is -2.14. The van der Waals surface area contributed by atoms with E-state index in [0.29, 0.717) is 12.2 Å². The summed E-state index contributed by atoms with van der Waals surface area (Å²) >= 11 is 7.33. The molecular weight excluding hydrogens is 276 g/mol. The predicted molar refractivity (Wildman–Crippen MR) is 71.1 cm³/mol. The van der Waals surface area contributed by atoms with Gasteiger partial charge in [-0.15, -0.1) is 0 Å². The average Bonchev–Trinajstić information content (AvgIpc) is 2.34. The number of carboxylic acids is 1. The molecule has 0 bridgehead atoms. The quantitative estimate of drug-likeness (QED) is 0.832. The third-order valence-corrected chi connectivity index (χ3v) is 3.18. The summed E-state index contributed by atoms with van der Waals surface area (Å²) in [4.78, 5) is 26.6. The van der Waals surface area contributed by atoms with E-state index >= 15 is 0 Å². The van der Waals surface area contributed by atoms with Crippen LogP contribution in [0.25, 0.3) is 0 Å².